The van der Waals surface area contributed by atoms with Crippen LogP contribution in [-0.4, -0.2) is 89.6 Å². The number of carboxylic acid groups (broad SMARTS) is 1. The largest absolute Gasteiger partial charge is 0.478 e. The number of amides is 2. The maximum Gasteiger partial charge on any atom is 0.338 e. The molecule has 0 radical (unpaired) electrons. The van der Waals surface area contributed by atoms with E-state index in [2.05, 4.69) is 15.2 Å². The Morgan fingerprint density at radius 1 is 1.06 bits per heavy atom. The van der Waals surface area contributed by atoms with Gasteiger partial charge in [0.05, 0.1) is 30.0 Å². The molecule has 0 saturated carbocycles. The first-order valence-corrected chi connectivity index (χ1v) is 17.1. The molecule has 17 heteroatoms. The Morgan fingerprint density at radius 2 is 1.88 bits per heavy atom. The minimum absolute atomic E-state index is 0.00736. The molecule has 268 valence electrons. The molecule has 2 atom stereocenters. The molecular formula is C35H28ClF3N6O6S. The van der Waals surface area contributed by atoms with Crippen LogP contribution >= 0.6 is 22.9 Å². The van der Waals surface area contributed by atoms with Crippen LogP contribution in [0.25, 0.3) is 0 Å². The van der Waals surface area contributed by atoms with Crippen molar-refractivity contribution in [2.75, 3.05) is 44.7 Å². The molecule has 7 rings (SSSR count). The normalized spacial score (nSPS) is 18.9. The van der Waals surface area contributed by atoms with Crippen molar-refractivity contribution in [3.63, 3.8) is 0 Å². The maximum atomic E-state index is 15.5. The second-order valence-electron chi connectivity index (χ2n) is 12.0. The molecule has 3 aromatic carbocycles. The zero-order valence-corrected chi connectivity index (χ0v) is 28.8. The number of carbonyl (C=O) groups excluding carboxylic acids is 2. The molecule has 0 aliphatic carbocycles. The van der Waals surface area contributed by atoms with Crippen LogP contribution in [-0.2, 0) is 9.53 Å². The summed E-state index contributed by atoms with van der Waals surface area (Å²) in [5.41, 5.74) is 0.802. The number of ether oxygens (including phenoxy) is 2. The van der Waals surface area contributed by atoms with Crippen LogP contribution in [0, 0.1) is 17.5 Å². The third kappa shape index (κ3) is 6.79. The van der Waals surface area contributed by atoms with Gasteiger partial charge < -0.3 is 24.8 Å². The number of fused-ring (bicyclic) bond motifs is 1. The number of esters is 1. The molecule has 2 saturated heterocycles. The number of hydrogen-bond acceptors (Lipinski definition) is 10. The average molecular weight is 753 g/mol. The number of benzene rings is 3. The molecule has 3 aliphatic heterocycles. The van der Waals surface area contributed by atoms with Gasteiger partial charge in [-0.05, 0) is 42.5 Å². The summed E-state index contributed by atoms with van der Waals surface area (Å²) >= 11 is 7.81. The van der Waals surface area contributed by atoms with Crippen molar-refractivity contribution in [1.82, 2.24) is 20.1 Å². The lowest BCUT2D eigenvalue weighted by Gasteiger charge is -2.38. The fourth-order valence-electron chi connectivity index (χ4n) is 6.42. The van der Waals surface area contributed by atoms with E-state index in [0.29, 0.717) is 41.7 Å². The van der Waals surface area contributed by atoms with E-state index in [1.807, 2.05) is 0 Å². The van der Waals surface area contributed by atoms with Crippen LogP contribution < -0.4 is 15.0 Å². The summed E-state index contributed by atoms with van der Waals surface area (Å²) in [6, 6.07) is 9.09. The molecule has 1 aromatic heterocycles. The lowest BCUT2D eigenvalue weighted by atomic mass is 9.95. The number of halogens is 4. The highest BCUT2D eigenvalue weighted by Gasteiger charge is 2.43. The van der Waals surface area contributed by atoms with Crippen LogP contribution in [0.1, 0.15) is 27.0 Å². The van der Waals surface area contributed by atoms with Gasteiger partial charge in [0.15, 0.2) is 28.2 Å². The number of nitrogens with zero attached hydrogens (tertiary/aromatic N) is 5. The summed E-state index contributed by atoms with van der Waals surface area (Å²) in [5, 5.41) is 14.7. The fraction of sp³-hybridized carbons (Fsp3) is 0.229. The fourth-order valence-corrected chi connectivity index (χ4v) is 7.28. The van der Waals surface area contributed by atoms with Crippen molar-refractivity contribution in [3.8, 4) is 11.5 Å². The van der Waals surface area contributed by atoms with Crippen LogP contribution in [0.2, 0.25) is 5.02 Å². The van der Waals surface area contributed by atoms with Gasteiger partial charge in [-0.1, -0.05) is 17.7 Å². The number of methoxy groups -OCH3 is 1. The Hall–Kier alpha value is -5.45. The van der Waals surface area contributed by atoms with Gasteiger partial charge in [0, 0.05) is 66.7 Å². The zero-order valence-electron chi connectivity index (χ0n) is 27.2. The molecule has 4 aromatic rings. The SMILES string of the molecule is COC(=O)C1=C(CN2CCN3C(=O)N(c4ccc(Oc5ccc(C(=O)O)cc5F)cc4F)CC3C2)NC(c2nccs2)=NC1c1ccc(F)cc1Cl. The number of rotatable bonds is 9. The molecule has 0 spiro atoms. The molecule has 2 amide bonds. The number of hydrogen-bond donors (Lipinski definition) is 2. The standard InChI is InChI=1S/C35H28ClF3N6O6S/c1-50-34(48)29-26(41-31(32-40-8-11-52-32)42-30(29)22-5-3-19(37)13-23(22)36)17-43-9-10-44-20(15-43)16-45(35(44)49)27-6-4-21(14-24(27)38)51-28-7-2-18(33(46)47)12-25(28)39/h2-8,11-14,20,30H,9-10,15-17H2,1H3,(H,41,42)(H,46,47). The van der Waals surface area contributed by atoms with E-state index >= 15 is 4.39 Å². The monoisotopic (exact) mass is 752 g/mol. The van der Waals surface area contributed by atoms with Crippen molar-refractivity contribution in [3.05, 3.63) is 116 Å². The highest BCUT2D eigenvalue weighted by atomic mass is 35.5. The Kier molecular flexibility index (Phi) is 9.61. The number of aliphatic imine (C=N–C) groups is 1. The molecule has 0 bridgehead atoms. The number of piperazine rings is 1. The van der Waals surface area contributed by atoms with Gasteiger partial charge in [0.1, 0.15) is 17.6 Å². The third-order valence-corrected chi connectivity index (χ3v) is 9.97. The van der Waals surface area contributed by atoms with E-state index in [4.69, 9.17) is 31.2 Å². The molecule has 2 unspecified atom stereocenters. The van der Waals surface area contributed by atoms with E-state index in [-0.39, 0.29) is 58.5 Å². The zero-order chi connectivity index (χ0) is 36.7. The molecule has 12 nitrogen and oxygen atoms in total. The quantitative estimate of drug-likeness (QED) is 0.202. The minimum Gasteiger partial charge on any atom is -0.478 e. The summed E-state index contributed by atoms with van der Waals surface area (Å²) in [6.45, 7) is 1.49. The van der Waals surface area contributed by atoms with Crippen molar-refractivity contribution in [2.24, 2.45) is 4.99 Å². The number of aromatic nitrogens is 1. The second-order valence-corrected chi connectivity index (χ2v) is 13.3. The number of amidine groups is 1. The maximum absolute atomic E-state index is 15.5. The van der Waals surface area contributed by atoms with Crippen molar-refractivity contribution in [2.45, 2.75) is 12.1 Å². The molecule has 2 N–H and O–H groups in total. The first-order chi connectivity index (χ1) is 25.0. The minimum atomic E-state index is -1.31. The Balaban J connectivity index is 1.11. The molecule has 2 fully saturated rings. The topological polar surface area (TPSA) is 137 Å². The smallest absolute Gasteiger partial charge is 0.338 e. The summed E-state index contributed by atoms with van der Waals surface area (Å²) in [4.78, 5) is 52.1. The summed E-state index contributed by atoms with van der Waals surface area (Å²) in [7, 11) is 1.25. The summed E-state index contributed by atoms with van der Waals surface area (Å²) in [6.07, 6.45) is 1.62. The van der Waals surface area contributed by atoms with Crippen LogP contribution in [0.4, 0.5) is 23.7 Å². The van der Waals surface area contributed by atoms with Gasteiger partial charge in [-0.2, -0.15) is 0 Å². The third-order valence-electron chi connectivity index (χ3n) is 8.86. The summed E-state index contributed by atoms with van der Waals surface area (Å²) in [5.74, 6) is -4.15. The first kappa shape index (κ1) is 35.0. The molecule has 52 heavy (non-hydrogen) atoms. The van der Waals surface area contributed by atoms with Gasteiger partial charge in [0.25, 0.3) is 0 Å². The number of anilines is 1. The van der Waals surface area contributed by atoms with Gasteiger partial charge in [-0.3, -0.25) is 14.8 Å². The van der Waals surface area contributed by atoms with E-state index in [9.17, 15) is 23.2 Å². The van der Waals surface area contributed by atoms with Gasteiger partial charge in [-0.25, -0.2) is 32.5 Å². The average Bonchev–Trinajstić information content (AvgIpc) is 3.77. The van der Waals surface area contributed by atoms with E-state index in [1.165, 1.54) is 47.6 Å². The Morgan fingerprint density at radius 3 is 2.58 bits per heavy atom. The number of thiazole rings is 1. The molecule has 3 aliphatic rings. The van der Waals surface area contributed by atoms with E-state index in [1.54, 1.807) is 16.5 Å². The predicted octanol–water partition coefficient (Wildman–Crippen LogP) is 5.85. The van der Waals surface area contributed by atoms with Crippen LogP contribution in [0.3, 0.4) is 0 Å². The van der Waals surface area contributed by atoms with Crippen molar-refractivity contribution >= 4 is 52.4 Å². The lowest BCUT2D eigenvalue weighted by Crippen LogP contribution is -2.53. The highest BCUT2D eigenvalue weighted by Crippen LogP contribution is 2.38. The first-order valence-electron chi connectivity index (χ1n) is 15.8. The molecular weight excluding hydrogens is 725 g/mol. The van der Waals surface area contributed by atoms with E-state index in [0.717, 1.165) is 30.3 Å². The van der Waals surface area contributed by atoms with Crippen LogP contribution in [0.5, 0.6) is 11.5 Å². The molecule has 4 heterocycles. The summed E-state index contributed by atoms with van der Waals surface area (Å²) < 4.78 is 54.5. The highest BCUT2D eigenvalue weighted by molar-refractivity contribution is 7.11. The number of urea groups is 1. The van der Waals surface area contributed by atoms with Crippen molar-refractivity contribution < 1.29 is 42.1 Å². The van der Waals surface area contributed by atoms with Crippen molar-refractivity contribution in [1.29, 1.82) is 0 Å². The lowest BCUT2D eigenvalue weighted by molar-refractivity contribution is -0.136. The Labute approximate surface area is 303 Å². The van der Waals surface area contributed by atoms with E-state index < -0.39 is 35.4 Å². The Bertz CT molecular complexity index is 2150. The number of nitrogens with one attached hydrogen (secondary N) is 1. The van der Waals surface area contributed by atoms with Gasteiger partial charge in [-0.15, -0.1) is 11.3 Å². The van der Waals surface area contributed by atoms with Crippen LogP contribution in [0.15, 0.2) is 82.4 Å². The number of aromatic carboxylic acids is 1. The predicted molar refractivity (Wildman–Crippen MR) is 184 cm³/mol. The number of carboxylic acids is 1. The van der Waals surface area contributed by atoms with Gasteiger partial charge in [0.2, 0.25) is 0 Å². The van der Waals surface area contributed by atoms with Gasteiger partial charge >= 0.3 is 18.0 Å². The number of carbonyl (C=O) groups is 3. The second kappa shape index (κ2) is 14.3.